The fraction of sp³-hybridized carbons (Fsp3) is 0.500. The summed E-state index contributed by atoms with van der Waals surface area (Å²) in [6.45, 7) is 1.78. The van der Waals surface area contributed by atoms with Crippen molar-refractivity contribution in [1.29, 1.82) is 0 Å². The molecule has 0 amide bonds. The van der Waals surface area contributed by atoms with Crippen LogP contribution in [0.3, 0.4) is 0 Å². The van der Waals surface area contributed by atoms with Gasteiger partial charge in [-0.15, -0.1) is 11.6 Å². The molecule has 9 heavy (non-hydrogen) atoms. The molecule has 0 rings (SSSR count). The van der Waals surface area contributed by atoms with Crippen LogP contribution in [0.2, 0.25) is 0 Å². The van der Waals surface area contributed by atoms with Crippen molar-refractivity contribution >= 4 is 34.6 Å². The van der Waals surface area contributed by atoms with Gasteiger partial charge in [0.2, 0.25) is 0 Å². The van der Waals surface area contributed by atoms with Gasteiger partial charge in [0.1, 0.15) is 0 Å². The molecule has 0 atom stereocenters. The largest absolute Gasteiger partial charge is 0.375 e. The van der Waals surface area contributed by atoms with Crippen molar-refractivity contribution in [3.05, 3.63) is 0 Å². The van der Waals surface area contributed by atoms with Crippen LogP contribution in [0.4, 0.5) is 0 Å². The molecule has 3 N–H and O–H groups in total. The van der Waals surface area contributed by atoms with Crippen LogP contribution in [0.15, 0.2) is 5.10 Å². The smallest absolute Gasteiger partial charge is 0.184 e. The lowest BCUT2D eigenvalue weighted by Gasteiger charge is -1.95. The third kappa shape index (κ3) is 5.52. The van der Waals surface area contributed by atoms with E-state index in [0.29, 0.717) is 5.88 Å². The second kappa shape index (κ2) is 4.52. The van der Waals surface area contributed by atoms with E-state index in [-0.39, 0.29) is 5.11 Å². The lowest BCUT2D eigenvalue weighted by atomic mass is 10.5. The molecule has 0 spiro atoms. The van der Waals surface area contributed by atoms with Crippen LogP contribution in [0.5, 0.6) is 0 Å². The zero-order chi connectivity index (χ0) is 7.28. The van der Waals surface area contributed by atoms with Gasteiger partial charge in [0.15, 0.2) is 5.11 Å². The first-order valence-corrected chi connectivity index (χ1v) is 3.25. The van der Waals surface area contributed by atoms with E-state index >= 15 is 0 Å². The van der Waals surface area contributed by atoms with E-state index in [0.717, 1.165) is 5.71 Å². The van der Waals surface area contributed by atoms with Gasteiger partial charge in [0, 0.05) is 5.71 Å². The number of alkyl halides is 1. The maximum atomic E-state index is 5.38. The Balaban J connectivity index is 3.56. The van der Waals surface area contributed by atoms with Crippen LogP contribution in [-0.4, -0.2) is 16.7 Å². The number of hydrazone groups is 1. The van der Waals surface area contributed by atoms with Crippen molar-refractivity contribution in [2.45, 2.75) is 6.92 Å². The number of hydrogen-bond acceptors (Lipinski definition) is 2. The quantitative estimate of drug-likeness (QED) is 0.270. The van der Waals surface area contributed by atoms with E-state index in [9.17, 15) is 0 Å². The van der Waals surface area contributed by atoms with Crippen LogP contribution in [-0.2, 0) is 0 Å². The molecular weight excluding hydrogens is 158 g/mol. The molecule has 3 nitrogen and oxygen atoms in total. The van der Waals surface area contributed by atoms with Gasteiger partial charge < -0.3 is 5.73 Å². The van der Waals surface area contributed by atoms with Gasteiger partial charge >= 0.3 is 0 Å². The minimum Gasteiger partial charge on any atom is -0.375 e. The number of thiocarbonyl (C=S) groups is 1. The SMILES string of the molecule is C/C(CCl)=N\NC(N)=S. The molecule has 52 valence electrons. The maximum Gasteiger partial charge on any atom is 0.184 e. The van der Waals surface area contributed by atoms with Crippen molar-refractivity contribution in [2.24, 2.45) is 10.8 Å². The summed E-state index contributed by atoms with van der Waals surface area (Å²) in [5.74, 6) is 0.385. The predicted octanol–water partition coefficient (Wildman–Crippen LogP) is 0.434. The fourth-order valence-electron chi connectivity index (χ4n) is 0.180. The zero-order valence-corrected chi connectivity index (χ0v) is 6.59. The lowest BCUT2D eigenvalue weighted by molar-refractivity contribution is 1.03. The number of nitrogens with one attached hydrogen (secondary N) is 1. The molecule has 0 radical (unpaired) electrons. The molecule has 0 aromatic heterocycles. The highest BCUT2D eigenvalue weighted by Gasteiger charge is 1.85. The zero-order valence-electron chi connectivity index (χ0n) is 5.02. The summed E-state index contributed by atoms with van der Waals surface area (Å²) in [7, 11) is 0. The first kappa shape index (κ1) is 8.65. The standard InChI is InChI=1S/C4H8ClN3S/c1-3(2-5)7-8-4(6)9/h2H2,1H3,(H3,6,8,9)/b7-3+. The molecule has 0 fully saturated rings. The Hall–Kier alpha value is -0.350. The van der Waals surface area contributed by atoms with E-state index in [4.69, 9.17) is 17.3 Å². The summed E-state index contributed by atoms with van der Waals surface area (Å²) < 4.78 is 0. The predicted molar refractivity (Wildman–Crippen MR) is 43.8 cm³/mol. The summed E-state index contributed by atoms with van der Waals surface area (Å²) >= 11 is 9.86. The molecule has 0 aliphatic rings. The van der Waals surface area contributed by atoms with Gasteiger partial charge in [0.25, 0.3) is 0 Å². The monoisotopic (exact) mass is 165 g/mol. The van der Waals surface area contributed by atoms with Crippen molar-refractivity contribution in [3.63, 3.8) is 0 Å². The highest BCUT2D eigenvalue weighted by molar-refractivity contribution is 7.80. The molecule has 0 unspecified atom stereocenters. The highest BCUT2D eigenvalue weighted by Crippen LogP contribution is 1.78. The number of hydrogen-bond donors (Lipinski definition) is 2. The number of halogens is 1. The van der Waals surface area contributed by atoms with Crippen LogP contribution in [0.1, 0.15) is 6.92 Å². The fourth-order valence-corrected chi connectivity index (χ4v) is 0.286. The Morgan fingerprint density at radius 2 is 2.44 bits per heavy atom. The Labute approximate surface area is 64.3 Å². The number of nitrogens with zero attached hydrogens (tertiary/aromatic N) is 1. The third-order valence-electron chi connectivity index (χ3n) is 0.550. The third-order valence-corrected chi connectivity index (χ3v) is 1.03. The van der Waals surface area contributed by atoms with Gasteiger partial charge in [-0.3, -0.25) is 5.43 Å². The molecule has 0 saturated heterocycles. The van der Waals surface area contributed by atoms with E-state index < -0.39 is 0 Å². The summed E-state index contributed by atoms with van der Waals surface area (Å²) in [4.78, 5) is 0. The van der Waals surface area contributed by atoms with Gasteiger partial charge in [-0.2, -0.15) is 5.10 Å². The first-order valence-electron chi connectivity index (χ1n) is 2.31. The highest BCUT2D eigenvalue weighted by atomic mass is 35.5. The molecule has 0 aromatic carbocycles. The molecular formula is C4H8ClN3S. The van der Waals surface area contributed by atoms with Crippen LogP contribution in [0, 0.1) is 0 Å². The van der Waals surface area contributed by atoms with E-state index in [1.54, 1.807) is 6.92 Å². The van der Waals surface area contributed by atoms with Crippen molar-refractivity contribution in [3.8, 4) is 0 Å². The van der Waals surface area contributed by atoms with E-state index in [1.807, 2.05) is 0 Å². The first-order chi connectivity index (χ1) is 4.16. The second-order valence-corrected chi connectivity index (χ2v) is 2.16. The molecule has 5 heteroatoms. The molecule has 0 aromatic rings. The summed E-state index contributed by atoms with van der Waals surface area (Å²) in [5.41, 5.74) is 8.23. The van der Waals surface area contributed by atoms with E-state index in [1.165, 1.54) is 0 Å². The Bertz CT molecular complexity index is 134. The van der Waals surface area contributed by atoms with Crippen LogP contribution < -0.4 is 11.2 Å². The number of rotatable bonds is 2. The van der Waals surface area contributed by atoms with Gasteiger partial charge in [-0.1, -0.05) is 0 Å². The normalized spacial score (nSPS) is 11.1. The van der Waals surface area contributed by atoms with Crippen molar-refractivity contribution in [1.82, 2.24) is 5.43 Å². The lowest BCUT2D eigenvalue weighted by Crippen LogP contribution is -2.25. The molecule has 0 saturated carbocycles. The minimum atomic E-state index is 0.152. The Kier molecular flexibility index (Phi) is 4.35. The minimum absolute atomic E-state index is 0.152. The van der Waals surface area contributed by atoms with Crippen LogP contribution in [0.25, 0.3) is 0 Å². The van der Waals surface area contributed by atoms with Gasteiger partial charge in [-0.25, -0.2) is 0 Å². The van der Waals surface area contributed by atoms with Crippen molar-refractivity contribution < 1.29 is 0 Å². The Morgan fingerprint density at radius 3 is 2.78 bits per heavy atom. The average Bonchev–Trinajstić information content (AvgIpc) is 1.83. The second-order valence-electron chi connectivity index (χ2n) is 1.46. The topological polar surface area (TPSA) is 50.4 Å². The molecule has 0 aliphatic carbocycles. The summed E-state index contributed by atoms with van der Waals surface area (Å²) in [6.07, 6.45) is 0. The average molecular weight is 166 g/mol. The summed E-state index contributed by atoms with van der Waals surface area (Å²) in [6, 6.07) is 0. The molecule has 0 heterocycles. The van der Waals surface area contributed by atoms with Gasteiger partial charge in [-0.05, 0) is 19.1 Å². The number of nitrogens with two attached hydrogens (primary N) is 1. The summed E-state index contributed by atoms with van der Waals surface area (Å²) in [5, 5.41) is 3.86. The van der Waals surface area contributed by atoms with E-state index in [2.05, 4.69) is 22.7 Å². The van der Waals surface area contributed by atoms with Crippen LogP contribution >= 0.6 is 23.8 Å². The van der Waals surface area contributed by atoms with Gasteiger partial charge in [0.05, 0.1) is 5.88 Å². The molecule has 0 bridgehead atoms. The maximum absolute atomic E-state index is 5.38. The van der Waals surface area contributed by atoms with Crippen molar-refractivity contribution in [2.75, 3.05) is 5.88 Å². The Morgan fingerprint density at radius 1 is 1.89 bits per heavy atom. The molecule has 0 aliphatic heterocycles.